The van der Waals surface area contributed by atoms with Crippen LogP contribution in [0.1, 0.15) is 48.1 Å². The lowest BCUT2D eigenvalue weighted by atomic mass is 9.77. The molecule has 2 N–H and O–H groups in total. The molecule has 0 radical (unpaired) electrons. The van der Waals surface area contributed by atoms with Gasteiger partial charge in [-0.3, -0.25) is 15.2 Å². The highest BCUT2D eigenvalue weighted by molar-refractivity contribution is 5.95. The predicted molar refractivity (Wildman–Crippen MR) is 134 cm³/mol. The molecule has 2 aromatic carbocycles. The van der Waals surface area contributed by atoms with Gasteiger partial charge in [-0.1, -0.05) is 18.2 Å². The zero-order valence-corrected chi connectivity index (χ0v) is 20.4. The lowest BCUT2D eigenvalue weighted by Crippen LogP contribution is -2.59. The summed E-state index contributed by atoms with van der Waals surface area (Å²) in [5, 5.41) is 0. The van der Waals surface area contributed by atoms with Crippen LogP contribution in [0.15, 0.2) is 54.9 Å². The molecule has 8 nitrogen and oxygen atoms in total. The van der Waals surface area contributed by atoms with Gasteiger partial charge in [0.25, 0.3) is 5.91 Å². The molecule has 178 valence electrons. The maximum atomic E-state index is 12.7. The van der Waals surface area contributed by atoms with Crippen molar-refractivity contribution in [3.05, 3.63) is 77.4 Å². The Morgan fingerprint density at radius 1 is 0.941 bits per heavy atom. The average molecular weight is 461 g/mol. The first kappa shape index (κ1) is 23.5. The molecule has 1 unspecified atom stereocenters. The van der Waals surface area contributed by atoms with Crippen LogP contribution in [0, 0.1) is 0 Å². The number of hydrogen-bond acceptors (Lipinski definition) is 7. The molecule has 0 bridgehead atoms. The number of nitrogens with zero attached hydrogens (tertiary/aromatic N) is 4. The van der Waals surface area contributed by atoms with E-state index >= 15 is 0 Å². The SMILES string of the molecule is CCOc1cc(N(CC)CC)ccc1C1(c2ccc(N(C)C)cc2)NNC(=O)c2nccnc21. The van der Waals surface area contributed by atoms with E-state index < -0.39 is 5.54 Å². The topological polar surface area (TPSA) is 82.6 Å². The number of anilines is 2. The zero-order chi connectivity index (χ0) is 24.3. The Kier molecular flexibility index (Phi) is 6.70. The molecule has 0 fully saturated rings. The molecule has 0 saturated carbocycles. The molecule has 4 rings (SSSR count). The number of hydrazine groups is 1. The molecule has 1 aromatic heterocycles. The van der Waals surface area contributed by atoms with Crippen molar-refractivity contribution >= 4 is 17.3 Å². The molecule has 0 saturated heterocycles. The minimum absolute atomic E-state index is 0.285. The van der Waals surface area contributed by atoms with E-state index in [2.05, 4.69) is 69.9 Å². The first-order valence-corrected chi connectivity index (χ1v) is 11.6. The minimum Gasteiger partial charge on any atom is -0.493 e. The van der Waals surface area contributed by atoms with Gasteiger partial charge in [0.2, 0.25) is 0 Å². The van der Waals surface area contributed by atoms with Gasteiger partial charge in [-0.15, -0.1) is 0 Å². The van der Waals surface area contributed by atoms with Gasteiger partial charge >= 0.3 is 0 Å². The Bertz CT molecular complexity index is 1160. The number of nitrogens with one attached hydrogen (secondary N) is 2. The third-order valence-electron chi connectivity index (χ3n) is 6.25. The van der Waals surface area contributed by atoms with Gasteiger partial charge in [0.1, 0.15) is 17.0 Å². The van der Waals surface area contributed by atoms with Gasteiger partial charge in [0.15, 0.2) is 5.69 Å². The highest BCUT2D eigenvalue weighted by atomic mass is 16.5. The van der Waals surface area contributed by atoms with Gasteiger partial charge in [-0.05, 0) is 44.5 Å². The summed E-state index contributed by atoms with van der Waals surface area (Å²) in [5.41, 5.74) is 9.85. The summed E-state index contributed by atoms with van der Waals surface area (Å²) >= 11 is 0. The fourth-order valence-corrected chi connectivity index (χ4v) is 4.50. The number of amides is 1. The summed E-state index contributed by atoms with van der Waals surface area (Å²) in [6.07, 6.45) is 3.16. The van der Waals surface area contributed by atoms with Gasteiger partial charge in [0, 0.05) is 62.6 Å². The third kappa shape index (κ3) is 3.94. The van der Waals surface area contributed by atoms with E-state index in [-0.39, 0.29) is 11.6 Å². The van der Waals surface area contributed by atoms with Crippen LogP contribution in [0.3, 0.4) is 0 Å². The van der Waals surface area contributed by atoms with Crippen molar-refractivity contribution in [3.63, 3.8) is 0 Å². The maximum Gasteiger partial charge on any atom is 0.286 e. The van der Waals surface area contributed by atoms with Crippen LogP contribution in [0.25, 0.3) is 0 Å². The molecule has 3 aromatic rings. The normalized spacial score (nSPS) is 17.0. The number of carbonyl (C=O) groups excluding carboxylic acids is 1. The molecule has 8 heteroatoms. The molecule has 1 aliphatic heterocycles. The van der Waals surface area contributed by atoms with Crippen LogP contribution in [-0.2, 0) is 5.54 Å². The van der Waals surface area contributed by atoms with Crippen molar-refractivity contribution in [2.45, 2.75) is 26.3 Å². The highest BCUT2D eigenvalue weighted by Crippen LogP contribution is 2.44. The lowest BCUT2D eigenvalue weighted by molar-refractivity contribution is 0.0887. The number of carbonyl (C=O) groups is 1. The molecule has 34 heavy (non-hydrogen) atoms. The second-order valence-corrected chi connectivity index (χ2v) is 8.31. The fourth-order valence-electron chi connectivity index (χ4n) is 4.50. The Balaban J connectivity index is 2.00. The van der Waals surface area contributed by atoms with E-state index in [1.54, 1.807) is 6.20 Å². The van der Waals surface area contributed by atoms with Crippen LogP contribution in [0.2, 0.25) is 0 Å². The fraction of sp³-hybridized carbons (Fsp3) is 0.346. The number of aromatic nitrogens is 2. The molecule has 1 aliphatic rings. The third-order valence-corrected chi connectivity index (χ3v) is 6.25. The smallest absolute Gasteiger partial charge is 0.286 e. The van der Waals surface area contributed by atoms with Crippen molar-refractivity contribution in [1.82, 2.24) is 20.8 Å². The minimum atomic E-state index is -0.991. The second kappa shape index (κ2) is 9.69. The second-order valence-electron chi connectivity index (χ2n) is 8.31. The van der Waals surface area contributed by atoms with Gasteiger partial charge < -0.3 is 14.5 Å². The number of fused-ring (bicyclic) bond motifs is 1. The molecular weight excluding hydrogens is 428 g/mol. The van der Waals surface area contributed by atoms with Crippen LogP contribution < -0.4 is 25.4 Å². The van der Waals surface area contributed by atoms with Crippen molar-refractivity contribution in [3.8, 4) is 5.75 Å². The summed E-state index contributed by atoms with van der Waals surface area (Å²) in [6, 6.07) is 14.4. The summed E-state index contributed by atoms with van der Waals surface area (Å²) in [5.74, 6) is 0.408. The van der Waals surface area contributed by atoms with E-state index in [1.807, 2.05) is 38.1 Å². The van der Waals surface area contributed by atoms with Gasteiger partial charge in [-0.25, -0.2) is 10.4 Å². The van der Waals surface area contributed by atoms with Crippen molar-refractivity contribution in [1.29, 1.82) is 0 Å². The molecule has 2 heterocycles. The Morgan fingerprint density at radius 3 is 2.26 bits per heavy atom. The number of hydrogen-bond donors (Lipinski definition) is 2. The molecular formula is C26H32N6O2. The van der Waals surface area contributed by atoms with E-state index in [0.29, 0.717) is 12.3 Å². The van der Waals surface area contributed by atoms with Crippen molar-refractivity contribution in [2.24, 2.45) is 0 Å². The van der Waals surface area contributed by atoms with Crippen LogP contribution in [0.4, 0.5) is 11.4 Å². The quantitative estimate of drug-likeness (QED) is 0.534. The highest BCUT2D eigenvalue weighted by Gasteiger charge is 2.46. The van der Waals surface area contributed by atoms with Crippen LogP contribution >= 0.6 is 0 Å². The Morgan fingerprint density at radius 2 is 1.62 bits per heavy atom. The van der Waals surface area contributed by atoms with Gasteiger partial charge in [0.05, 0.1) is 6.61 Å². The lowest BCUT2D eigenvalue weighted by Gasteiger charge is -2.40. The monoisotopic (exact) mass is 460 g/mol. The van der Waals surface area contributed by atoms with Crippen LogP contribution in [-0.4, -0.2) is 49.7 Å². The summed E-state index contributed by atoms with van der Waals surface area (Å²) in [7, 11) is 4.01. The zero-order valence-electron chi connectivity index (χ0n) is 20.4. The van der Waals surface area contributed by atoms with Gasteiger partial charge in [-0.2, -0.15) is 0 Å². The predicted octanol–water partition coefficient (Wildman–Crippen LogP) is 3.33. The van der Waals surface area contributed by atoms with Crippen molar-refractivity contribution in [2.75, 3.05) is 43.6 Å². The molecule has 1 amide bonds. The maximum absolute atomic E-state index is 12.7. The number of benzene rings is 2. The van der Waals surface area contributed by atoms with Crippen molar-refractivity contribution < 1.29 is 9.53 Å². The molecule has 0 spiro atoms. The first-order valence-electron chi connectivity index (χ1n) is 11.6. The molecule has 1 atom stereocenters. The number of rotatable bonds is 8. The summed E-state index contributed by atoms with van der Waals surface area (Å²) in [6.45, 7) is 8.52. The van der Waals surface area contributed by atoms with Crippen LogP contribution in [0.5, 0.6) is 5.75 Å². The first-order chi connectivity index (χ1) is 16.5. The van der Waals surface area contributed by atoms with E-state index in [4.69, 9.17) is 4.74 Å². The standard InChI is InChI=1S/C26H32N6O2/c1-6-32(7-2)20-13-14-21(22(17-20)34-8-3)26(18-9-11-19(12-10-18)31(4)5)24-23(25(33)29-30-26)27-15-16-28-24/h9-17,30H,6-8H2,1-5H3,(H,29,33). The Hall–Kier alpha value is -3.65. The summed E-state index contributed by atoms with van der Waals surface area (Å²) < 4.78 is 6.18. The summed E-state index contributed by atoms with van der Waals surface area (Å²) in [4.78, 5) is 26.0. The number of ether oxygens (including phenoxy) is 1. The van der Waals surface area contributed by atoms with E-state index in [1.165, 1.54) is 6.20 Å². The Labute approximate surface area is 200 Å². The average Bonchev–Trinajstić information content (AvgIpc) is 2.86. The largest absolute Gasteiger partial charge is 0.493 e. The molecule has 0 aliphatic carbocycles. The van der Waals surface area contributed by atoms with E-state index in [9.17, 15) is 4.79 Å². The van der Waals surface area contributed by atoms with E-state index in [0.717, 1.165) is 41.3 Å².